The first-order valence-electron chi connectivity index (χ1n) is 8.67. The van der Waals surface area contributed by atoms with Crippen molar-refractivity contribution >= 4 is 0 Å². The van der Waals surface area contributed by atoms with Gasteiger partial charge in [0.15, 0.2) is 0 Å². The molecule has 5 heteroatoms. The number of nitrogens with zero attached hydrogens (tertiary/aromatic N) is 1. The summed E-state index contributed by atoms with van der Waals surface area (Å²) >= 11 is 0. The summed E-state index contributed by atoms with van der Waals surface area (Å²) in [6.07, 6.45) is 1.50. The third-order valence-corrected chi connectivity index (χ3v) is 4.46. The van der Waals surface area contributed by atoms with Gasteiger partial charge in [-0.05, 0) is 55.3 Å². The quantitative estimate of drug-likeness (QED) is 0.590. The minimum Gasteiger partial charge on any atom is -0.491 e. The van der Waals surface area contributed by atoms with Crippen molar-refractivity contribution in [3.8, 4) is 17.0 Å². The van der Waals surface area contributed by atoms with Crippen LogP contribution in [0.4, 0.5) is 4.39 Å². The lowest BCUT2D eigenvalue weighted by Gasteiger charge is -2.08. The van der Waals surface area contributed by atoms with Crippen molar-refractivity contribution < 1.29 is 18.4 Å². The molecule has 1 atom stereocenters. The van der Waals surface area contributed by atoms with E-state index in [2.05, 4.69) is 5.16 Å². The van der Waals surface area contributed by atoms with E-state index >= 15 is 0 Å². The molecule has 1 aliphatic heterocycles. The molecular formula is C21H20FNO3. The highest BCUT2D eigenvalue weighted by atomic mass is 19.1. The number of epoxide rings is 1. The second kappa shape index (κ2) is 6.92. The van der Waals surface area contributed by atoms with Gasteiger partial charge in [-0.25, -0.2) is 4.39 Å². The number of rotatable bonds is 7. The smallest absolute Gasteiger partial charge is 0.137 e. The van der Waals surface area contributed by atoms with Gasteiger partial charge in [-0.2, -0.15) is 0 Å². The van der Waals surface area contributed by atoms with Crippen LogP contribution in [-0.4, -0.2) is 24.0 Å². The Balaban J connectivity index is 1.35. The van der Waals surface area contributed by atoms with Crippen LogP contribution in [0.25, 0.3) is 11.3 Å². The van der Waals surface area contributed by atoms with E-state index in [0.717, 1.165) is 47.8 Å². The number of hydrogen-bond donors (Lipinski definition) is 0. The standard InChI is InChI=1S/C21H20FNO3/c1-21(14-25-21)13-24-18-10-5-16(6-11-18)20-12-19(26-23-20)9-4-15-2-7-17(22)8-3-15/h2-3,5-8,10-12H,4,9,13-14H2,1H3/t21-/m0/s1. The minimum atomic E-state index is -0.220. The van der Waals surface area contributed by atoms with Crippen molar-refractivity contribution in [2.75, 3.05) is 13.2 Å². The van der Waals surface area contributed by atoms with Gasteiger partial charge in [0.25, 0.3) is 0 Å². The number of aryl methyl sites for hydroxylation is 2. The Labute approximate surface area is 151 Å². The zero-order chi connectivity index (χ0) is 18.0. The van der Waals surface area contributed by atoms with Gasteiger partial charge in [0.05, 0.1) is 6.61 Å². The zero-order valence-electron chi connectivity index (χ0n) is 14.6. The molecule has 0 bridgehead atoms. The molecule has 0 aliphatic carbocycles. The Kier molecular flexibility index (Phi) is 4.47. The van der Waals surface area contributed by atoms with Gasteiger partial charge in [0.1, 0.15) is 35.2 Å². The van der Waals surface area contributed by atoms with E-state index in [1.807, 2.05) is 37.3 Å². The van der Waals surface area contributed by atoms with Gasteiger partial charge < -0.3 is 14.0 Å². The molecule has 4 rings (SSSR count). The molecule has 0 amide bonds. The second-order valence-corrected chi connectivity index (χ2v) is 6.86. The van der Waals surface area contributed by atoms with Gasteiger partial charge in [-0.3, -0.25) is 0 Å². The van der Waals surface area contributed by atoms with Crippen molar-refractivity contribution in [1.29, 1.82) is 0 Å². The number of halogens is 1. The summed E-state index contributed by atoms with van der Waals surface area (Å²) in [6.45, 7) is 3.35. The summed E-state index contributed by atoms with van der Waals surface area (Å²) < 4.78 is 29.4. The SMILES string of the molecule is C[C@]1(COc2ccc(-c3cc(CCc4ccc(F)cc4)on3)cc2)CO1. The summed E-state index contributed by atoms with van der Waals surface area (Å²) in [4.78, 5) is 0. The van der Waals surface area contributed by atoms with Crippen LogP contribution in [0.3, 0.4) is 0 Å². The largest absolute Gasteiger partial charge is 0.491 e. The van der Waals surface area contributed by atoms with Gasteiger partial charge in [0.2, 0.25) is 0 Å². The molecule has 0 radical (unpaired) electrons. The molecule has 1 fully saturated rings. The molecule has 0 spiro atoms. The maximum absolute atomic E-state index is 12.9. The molecule has 0 saturated carbocycles. The van der Waals surface area contributed by atoms with E-state index < -0.39 is 0 Å². The molecule has 3 aromatic rings. The fraction of sp³-hybridized carbons (Fsp3) is 0.286. The highest BCUT2D eigenvalue weighted by molar-refractivity contribution is 5.59. The van der Waals surface area contributed by atoms with Gasteiger partial charge in [-0.15, -0.1) is 0 Å². The van der Waals surface area contributed by atoms with Crippen molar-refractivity contribution in [2.24, 2.45) is 0 Å². The molecule has 4 nitrogen and oxygen atoms in total. The van der Waals surface area contributed by atoms with Crippen molar-refractivity contribution in [3.05, 3.63) is 71.7 Å². The van der Waals surface area contributed by atoms with Crippen LogP contribution in [0.5, 0.6) is 5.75 Å². The highest BCUT2D eigenvalue weighted by Crippen LogP contribution is 2.28. The van der Waals surface area contributed by atoms with E-state index in [9.17, 15) is 4.39 Å². The zero-order valence-corrected chi connectivity index (χ0v) is 14.6. The number of benzene rings is 2. The lowest BCUT2D eigenvalue weighted by Crippen LogP contribution is -2.16. The van der Waals surface area contributed by atoms with Crippen LogP contribution < -0.4 is 4.74 Å². The van der Waals surface area contributed by atoms with E-state index in [1.54, 1.807) is 12.1 Å². The predicted molar refractivity (Wildman–Crippen MR) is 95.6 cm³/mol. The first-order chi connectivity index (χ1) is 12.6. The Morgan fingerprint density at radius 1 is 1.08 bits per heavy atom. The Bertz CT molecular complexity index is 867. The summed E-state index contributed by atoms with van der Waals surface area (Å²) in [6, 6.07) is 16.2. The summed E-state index contributed by atoms with van der Waals surface area (Å²) in [7, 11) is 0. The average molecular weight is 353 g/mol. The fourth-order valence-electron chi connectivity index (χ4n) is 2.65. The minimum absolute atomic E-state index is 0.121. The second-order valence-electron chi connectivity index (χ2n) is 6.86. The Morgan fingerprint density at radius 3 is 2.50 bits per heavy atom. The van der Waals surface area contributed by atoms with Crippen LogP contribution in [0.2, 0.25) is 0 Å². The number of aromatic nitrogens is 1. The van der Waals surface area contributed by atoms with Crippen LogP contribution in [0.1, 0.15) is 18.2 Å². The lowest BCUT2D eigenvalue weighted by atomic mass is 10.1. The predicted octanol–water partition coefficient (Wildman–Crippen LogP) is 4.43. The molecule has 134 valence electrons. The van der Waals surface area contributed by atoms with Gasteiger partial charge >= 0.3 is 0 Å². The van der Waals surface area contributed by atoms with E-state index in [1.165, 1.54) is 12.1 Å². The van der Waals surface area contributed by atoms with E-state index in [-0.39, 0.29) is 11.4 Å². The third kappa shape index (κ3) is 4.11. The van der Waals surface area contributed by atoms with Crippen molar-refractivity contribution in [1.82, 2.24) is 5.16 Å². The third-order valence-electron chi connectivity index (χ3n) is 4.46. The van der Waals surface area contributed by atoms with Crippen molar-refractivity contribution in [3.63, 3.8) is 0 Å². The van der Waals surface area contributed by atoms with Crippen LogP contribution in [0.15, 0.2) is 59.1 Å². The first-order valence-corrected chi connectivity index (χ1v) is 8.67. The van der Waals surface area contributed by atoms with Gasteiger partial charge in [-0.1, -0.05) is 17.3 Å². The van der Waals surface area contributed by atoms with Crippen LogP contribution >= 0.6 is 0 Å². The van der Waals surface area contributed by atoms with E-state index in [4.69, 9.17) is 14.0 Å². The van der Waals surface area contributed by atoms with Gasteiger partial charge in [0, 0.05) is 18.1 Å². The normalized spacial score (nSPS) is 18.7. The number of hydrogen-bond acceptors (Lipinski definition) is 4. The molecule has 1 aliphatic rings. The molecule has 26 heavy (non-hydrogen) atoms. The number of ether oxygens (including phenoxy) is 2. The molecule has 0 unspecified atom stereocenters. The van der Waals surface area contributed by atoms with Crippen LogP contribution in [-0.2, 0) is 17.6 Å². The highest BCUT2D eigenvalue weighted by Gasteiger charge is 2.40. The van der Waals surface area contributed by atoms with Crippen LogP contribution in [0, 0.1) is 5.82 Å². The maximum atomic E-state index is 12.9. The Morgan fingerprint density at radius 2 is 1.81 bits per heavy atom. The summed E-state index contributed by atoms with van der Waals surface area (Å²) in [5.74, 6) is 1.40. The average Bonchev–Trinajstić information content (AvgIpc) is 3.21. The Hall–Kier alpha value is -2.66. The maximum Gasteiger partial charge on any atom is 0.137 e. The molecular weight excluding hydrogens is 333 g/mol. The molecule has 1 aromatic heterocycles. The lowest BCUT2D eigenvalue weighted by molar-refractivity contribution is 0.202. The molecule has 0 N–H and O–H groups in total. The topological polar surface area (TPSA) is 47.8 Å². The molecule has 2 heterocycles. The summed E-state index contributed by atoms with van der Waals surface area (Å²) in [5, 5.41) is 4.14. The molecule has 1 saturated heterocycles. The fourth-order valence-corrected chi connectivity index (χ4v) is 2.65. The monoisotopic (exact) mass is 353 g/mol. The molecule has 2 aromatic carbocycles. The van der Waals surface area contributed by atoms with E-state index in [0.29, 0.717) is 6.61 Å². The first kappa shape index (κ1) is 16.8. The van der Waals surface area contributed by atoms with Crippen molar-refractivity contribution in [2.45, 2.75) is 25.4 Å². The summed E-state index contributed by atoms with van der Waals surface area (Å²) in [5.41, 5.74) is 2.72.